The van der Waals surface area contributed by atoms with Gasteiger partial charge in [-0.3, -0.25) is 0 Å². The molecular weight excluding hydrogens is 228 g/mol. The van der Waals surface area contributed by atoms with Gasteiger partial charge in [0.05, 0.1) is 5.69 Å². The van der Waals surface area contributed by atoms with Crippen molar-refractivity contribution in [1.82, 2.24) is 4.98 Å². The molecule has 1 heterocycles. The van der Waals surface area contributed by atoms with Crippen LogP contribution < -0.4 is 0 Å². The van der Waals surface area contributed by atoms with E-state index in [1.54, 1.807) is 0 Å². The van der Waals surface area contributed by atoms with Gasteiger partial charge in [-0.2, -0.15) is 0 Å². The third-order valence-corrected chi connectivity index (χ3v) is 2.44. The maximum atomic E-state index is 4.60. The number of aromatic nitrogens is 1. The van der Waals surface area contributed by atoms with Crippen molar-refractivity contribution in [1.29, 1.82) is 0 Å². The maximum absolute atomic E-state index is 4.60. The molecule has 5 heteroatoms. The lowest BCUT2D eigenvalue weighted by molar-refractivity contribution is 0.213. The number of halogens is 1. The van der Waals surface area contributed by atoms with E-state index >= 15 is 0 Å². The van der Waals surface area contributed by atoms with E-state index in [9.17, 15) is 0 Å². The quantitative estimate of drug-likeness (QED) is 0.582. The molecule has 0 aliphatic carbocycles. The number of thiazole rings is 1. The third kappa shape index (κ3) is 2.27. The van der Waals surface area contributed by atoms with Crippen LogP contribution in [0.2, 0.25) is 0 Å². The Morgan fingerprint density at radius 3 is 3.00 bits per heavy atom. The van der Waals surface area contributed by atoms with Crippen molar-refractivity contribution >= 4 is 33.0 Å². The molecule has 0 saturated carbocycles. The van der Waals surface area contributed by atoms with E-state index in [1.165, 1.54) is 18.4 Å². The molecule has 1 rings (SSSR count). The summed E-state index contributed by atoms with van der Waals surface area (Å²) in [7, 11) is 1.52. The summed E-state index contributed by atoms with van der Waals surface area (Å²) < 4.78 is 0.859. The van der Waals surface area contributed by atoms with Crippen molar-refractivity contribution in [2.45, 2.75) is 6.92 Å². The van der Waals surface area contributed by atoms with Gasteiger partial charge in [-0.15, -0.1) is 11.3 Å². The van der Waals surface area contributed by atoms with Crippen LogP contribution in [-0.4, -0.2) is 17.8 Å². The predicted molar refractivity (Wildman–Crippen MR) is 49.0 cm³/mol. The summed E-state index contributed by atoms with van der Waals surface area (Å²) in [6.07, 6.45) is 0. The minimum absolute atomic E-state index is 0.787. The highest BCUT2D eigenvalue weighted by molar-refractivity contribution is 9.11. The van der Waals surface area contributed by atoms with Crippen LogP contribution in [0.1, 0.15) is 12.6 Å². The van der Waals surface area contributed by atoms with Gasteiger partial charge in [-0.05, 0) is 22.9 Å². The van der Waals surface area contributed by atoms with Crippen molar-refractivity contribution in [2.75, 3.05) is 7.11 Å². The van der Waals surface area contributed by atoms with Gasteiger partial charge < -0.3 is 4.84 Å². The Morgan fingerprint density at radius 1 is 1.82 bits per heavy atom. The summed E-state index contributed by atoms with van der Waals surface area (Å²) in [4.78, 5) is 8.76. The number of hydrogen-bond donors (Lipinski definition) is 0. The fraction of sp³-hybridized carbons (Fsp3) is 0.333. The van der Waals surface area contributed by atoms with Crippen LogP contribution in [0.4, 0.5) is 0 Å². The summed E-state index contributed by atoms with van der Waals surface area (Å²) in [5.74, 6) is 0. The molecule has 3 nitrogen and oxygen atoms in total. The normalized spacial score (nSPS) is 11.7. The number of oxime groups is 1. The zero-order valence-corrected chi connectivity index (χ0v) is 8.57. The van der Waals surface area contributed by atoms with Crippen LogP contribution in [0.15, 0.2) is 14.5 Å². The highest BCUT2D eigenvalue weighted by atomic mass is 79.9. The standard InChI is InChI=1S/C6H7BrN2OS/c1-4(9-10-2)5-3-11-6(7)8-5/h3H,1-2H3/b9-4+. The first-order valence-corrected chi connectivity index (χ1v) is 4.60. The Kier molecular flexibility index (Phi) is 3.02. The van der Waals surface area contributed by atoms with E-state index in [-0.39, 0.29) is 0 Å². The molecular formula is C6H7BrN2OS. The second-order valence-corrected chi connectivity index (χ2v) is 3.98. The first-order valence-electron chi connectivity index (χ1n) is 2.93. The highest BCUT2D eigenvalue weighted by Crippen LogP contribution is 2.16. The van der Waals surface area contributed by atoms with Crippen molar-refractivity contribution < 1.29 is 4.84 Å². The Balaban J connectivity index is 2.84. The first-order chi connectivity index (χ1) is 5.24. The van der Waals surface area contributed by atoms with E-state index in [4.69, 9.17) is 0 Å². The van der Waals surface area contributed by atoms with E-state index in [0.717, 1.165) is 15.3 Å². The molecule has 0 amide bonds. The van der Waals surface area contributed by atoms with Crippen molar-refractivity contribution in [3.05, 3.63) is 15.0 Å². The molecule has 11 heavy (non-hydrogen) atoms. The van der Waals surface area contributed by atoms with Gasteiger partial charge in [-0.25, -0.2) is 4.98 Å². The van der Waals surface area contributed by atoms with Gasteiger partial charge in [0.15, 0.2) is 3.92 Å². The molecule has 0 bridgehead atoms. The average Bonchev–Trinajstić information content (AvgIpc) is 2.36. The van der Waals surface area contributed by atoms with Gasteiger partial charge >= 0.3 is 0 Å². The van der Waals surface area contributed by atoms with E-state index < -0.39 is 0 Å². The Hall–Kier alpha value is -0.420. The molecule has 0 aliphatic heterocycles. The molecule has 0 spiro atoms. The Labute approximate surface area is 77.2 Å². The molecule has 1 aromatic heterocycles. The molecule has 0 aromatic carbocycles. The van der Waals surface area contributed by atoms with Crippen LogP contribution >= 0.6 is 27.3 Å². The molecule has 0 unspecified atom stereocenters. The lowest BCUT2D eigenvalue weighted by atomic mass is 10.3. The Morgan fingerprint density at radius 2 is 2.55 bits per heavy atom. The molecule has 0 aliphatic rings. The maximum Gasteiger partial charge on any atom is 0.159 e. The minimum Gasteiger partial charge on any atom is -0.399 e. The minimum atomic E-state index is 0.787. The molecule has 0 fully saturated rings. The molecule has 0 saturated heterocycles. The molecule has 0 N–H and O–H groups in total. The summed E-state index contributed by atoms with van der Waals surface area (Å²) in [5.41, 5.74) is 1.64. The smallest absolute Gasteiger partial charge is 0.159 e. The fourth-order valence-electron chi connectivity index (χ4n) is 0.602. The van der Waals surface area contributed by atoms with Crippen LogP contribution in [0.5, 0.6) is 0 Å². The van der Waals surface area contributed by atoms with Gasteiger partial charge in [-0.1, -0.05) is 5.16 Å². The van der Waals surface area contributed by atoms with Crippen LogP contribution in [0.3, 0.4) is 0 Å². The van der Waals surface area contributed by atoms with E-state index in [1.807, 2.05) is 12.3 Å². The molecule has 0 atom stereocenters. The van der Waals surface area contributed by atoms with Crippen molar-refractivity contribution in [2.24, 2.45) is 5.16 Å². The zero-order valence-electron chi connectivity index (χ0n) is 6.17. The lowest BCUT2D eigenvalue weighted by Crippen LogP contribution is -1.94. The van der Waals surface area contributed by atoms with Crippen LogP contribution in [0, 0.1) is 0 Å². The van der Waals surface area contributed by atoms with Crippen molar-refractivity contribution in [3.8, 4) is 0 Å². The zero-order chi connectivity index (χ0) is 8.27. The Bertz CT molecular complexity index is 271. The van der Waals surface area contributed by atoms with Gasteiger partial charge in [0.25, 0.3) is 0 Å². The van der Waals surface area contributed by atoms with Gasteiger partial charge in [0, 0.05) is 5.38 Å². The topological polar surface area (TPSA) is 34.5 Å². The predicted octanol–water partition coefficient (Wildman–Crippen LogP) is 2.28. The van der Waals surface area contributed by atoms with E-state index in [2.05, 4.69) is 30.9 Å². The molecule has 60 valence electrons. The van der Waals surface area contributed by atoms with Crippen LogP contribution in [-0.2, 0) is 4.84 Å². The summed E-state index contributed by atoms with van der Waals surface area (Å²) >= 11 is 4.79. The van der Waals surface area contributed by atoms with Gasteiger partial charge in [0.2, 0.25) is 0 Å². The molecule has 1 aromatic rings. The third-order valence-electron chi connectivity index (χ3n) is 1.08. The monoisotopic (exact) mass is 234 g/mol. The lowest BCUT2D eigenvalue weighted by Gasteiger charge is -1.91. The summed E-state index contributed by atoms with van der Waals surface area (Å²) in [5, 5.41) is 5.67. The fourth-order valence-corrected chi connectivity index (χ4v) is 1.66. The van der Waals surface area contributed by atoms with Gasteiger partial charge in [0.1, 0.15) is 12.8 Å². The number of rotatable bonds is 2. The van der Waals surface area contributed by atoms with E-state index in [0.29, 0.717) is 0 Å². The highest BCUT2D eigenvalue weighted by Gasteiger charge is 2.01. The van der Waals surface area contributed by atoms with Crippen molar-refractivity contribution in [3.63, 3.8) is 0 Å². The SMILES string of the molecule is CO/N=C(\C)c1csc(Br)n1. The molecule has 0 radical (unpaired) electrons. The second-order valence-electron chi connectivity index (χ2n) is 1.84. The number of hydrogen-bond acceptors (Lipinski definition) is 4. The van der Waals surface area contributed by atoms with Crippen LogP contribution in [0.25, 0.3) is 0 Å². The summed E-state index contributed by atoms with van der Waals surface area (Å²) in [6, 6.07) is 0. The number of nitrogens with zero attached hydrogens (tertiary/aromatic N) is 2. The second kappa shape index (κ2) is 3.82. The summed E-state index contributed by atoms with van der Waals surface area (Å²) in [6.45, 7) is 1.85. The average molecular weight is 235 g/mol. The first kappa shape index (κ1) is 8.67. The largest absolute Gasteiger partial charge is 0.399 e.